The Hall–Kier alpha value is -2.57. The number of rotatable bonds is 8. The molecule has 0 saturated heterocycles. The highest BCUT2D eigenvalue weighted by Gasteiger charge is 2.22. The van der Waals surface area contributed by atoms with Crippen LogP contribution in [0, 0.1) is 6.92 Å². The standard InChI is InChI=1S/C19H19ClN2O4/c1-13-17(18(22-26-13)15-7-2-3-8-16(15)20)19(23)21-9-5-10-24-12-14-6-4-11-25-14/h2-4,6-8,11H,5,9-10,12H2,1H3,(H,21,23). The first-order valence-electron chi connectivity index (χ1n) is 8.26. The predicted molar refractivity (Wildman–Crippen MR) is 97.0 cm³/mol. The molecule has 2 aromatic heterocycles. The minimum Gasteiger partial charge on any atom is -0.467 e. The number of halogens is 1. The third-order valence-electron chi connectivity index (χ3n) is 3.79. The van der Waals surface area contributed by atoms with E-state index in [4.69, 9.17) is 25.3 Å². The van der Waals surface area contributed by atoms with Gasteiger partial charge in [0.1, 0.15) is 29.4 Å². The van der Waals surface area contributed by atoms with Crippen LogP contribution in [0.5, 0.6) is 0 Å². The van der Waals surface area contributed by atoms with Crippen molar-refractivity contribution in [3.63, 3.8) is 0 Å². The van der Waals surface area contributed by atoms with Gasteiger partial charge in [-0.1, -0.05) is 35.0 Å². The van der Waals surface area contributed by atoms with E-state index < -0.39 is 0 Å². The van der Waals surface area contributed by atoms with Crippen molar-refractivity contribution in [2.75, 3.05) is 13.2 Å². The minimum absolute atomic E-state index is 0.246. The van der Waals surface area contributed by atoms with Crippen molar-refractivity contribution in [2.45, 2.75) is 20.0 Å². The van der Waals surface area contributed by atoms with Gasteiger partial charge in [-0.05, 0) is 31.5 Å². The number of furan rings is 1. The number of benzene rings is 1. The molecule has 1 N–H and O–H groups in total. The van der Waals surface area contributed by atoms with Crippen LogP contribution in [0.25, 0.3) is 11.3 Å². The van der Waals surface area contributed by atoms with Crippen molar-refractivity contribution < 1.29 is 18.5 Å². The highest BCUT2D eigenvalue weighted by Crippen LogP contribution is 2.30. The van der Waals surface area contributed by atoms with Crippen LogP contribution in [0.15, 0.2) is 51.6 Å². The predicted octanol–water partition coefficient (Wildman–Crippen LogP) is 4.23. The first-order chi connectivity index (χ1) is 12.7. The summed E-state index contributed by atoms with van der Waals surface area (Å²) >= 11 is 6.21. The third-order valence-corrected chi connectivity index (χ3v) is 4.12. The Morgan fingerprint density at radius 2 is 2.12 bits per heavy atom. The topological polar surface area (TPSA) is 77.5 Å². The van der Waals surface area contributed by atoms with Gasteiger partial charge in [-0.25, -0.2) is 0 Å². The highest BCUT2D eigenvalue weighted by atomic mass is 35.5. The van der Waals surface area contributed by atoms with Gasteiger partial charge >= 0.3 is 0 Å². The number of nitrogens with zero attached hydrogens (tertiary/aromatic N) is 1. The number of carbonyl (C=O) groups excluding carboxylic acids is 1. The first kappa shape index (κ1) is 18.2. The highest BCUT2D eigenvalue weighted by molar-refractivity contribution is 6.33. The van der Waals surface area contributed by atoms with E-state index in [1.807, 2.05) is 24.3 Å². The molecule has 3 rings (SSSR count). The molecular formula is C19H19ClN2O4. The quantitative estimate of drug-likeness (QED) is 0.597. The van der Waals surface area contributed by atoms with Crippen molar-refractivity contribution in [1.82, 2.24) is 10.5 Å². The maximum absolute atomic E-state index is 12.5. The van der Waals surface area contributed by atoms with Crippen molar-refractivity contribution in [2.24, 2.45) is 0 Å². The second kappa shape index (κ2) is 8.69. The van der Waals surface area contributed by atoms with Crippen LogP contribution in [0.3, 0.4) is 0 Å². The van der Waals surface area contributed by atoms with Crippen molar-refractivity contribution >= 4 is 17.5 Å². The van der Waals surface area contributed by atoms with Crippen LogP contribution >= 0.6 is 11.6 Å². The molecule has 1 aromatic carbocycles. The molecule has 0 aliphatic carbocycles. The van der Waals surface area contributed by atoms with Crippen LogP contribution in [-0.2, 0) is 11.3 Å². The average molecular weight is 375 g/mol. The number of hydrogen-bond acceptors (Lipinski definition) is 5. The van der Waals surface area contributed by atoms with Gasteiger partial charge in [-0.15, -0.1) is 0 Å². The second-order valence-electron chi connectivity index (χ2n) is 5.68. The van der Waals surface area contributed by atoms with Crippen LogP contribution in [0.1, 0.15) is 28.3 Å². The molecule has 0 spiro atoms. The molecule has 0 atom stereocenters. The average Bonchev–Trinajstić information content (AvgIpc) is 3.28. The van der Waals surface area contributed by atoms with Gasteiger partial charge in [0.15, 0.2) is 0 Å². The van der Waals surface area contributed by atoms with E-state index in [1.165, 1.54) is 0 Å². The Bertz CT molecular complexity index is 858. The smallest absolute Gasteiger partial charge is 0.257 e. The SMILES string of the molecule is Cc1onc(-c2ccccc2Cl)c1C(=O)NCCCOCc1ccco1. The lowest BCUT2D eigenvalue weighted by molar-refractivity contribution is 0.0916. The Morgan fingerprint density at radius 1 is 1.27 bits per heavy atom. The maximum Gasteiger partial charge on any atom is 0.257 e. The molecule has 0 unspecified atom stereocenters. The minimum atomic E-state index is -0.246. The number of nitrogens with one attached hydrogen (secondary N) is 1. The summed E-state index contributed by atoms with van der Waals surface area (Å²) in [7, 11) is 0. The van der Waals surface area contributed by atoms with E-state index in [-0.39, 0.29) is 5.91 Å². The van der Waals surface area contributed by atoms with Gasteiger partial charge in [0, 0.05) is 18.7 Å². The number of carbonyl (C=O) groups is 1. The molecule has 7 heteroatoms. The first-order valence-corrected chi connectivity index (χ1v) is 8.64. The van der Waals surface area contributed by atoms with Gasteiger partial charge < -0.3 is 19.0 Å². The fraction of sp³-hybridized carbons (Fsp3) is 0.263. The third kappa shape index (κ3) is 4.33. The molecular weight excluding hydrogens is 356 g/mol. The van der Waals surface area contributed by atoms with Crippen LogP contribution in [0.4, 0.5) is 0 Å². The van der Waals surface area contributed by atoms with Gasteiger partial charge in [-0.3, -0.25) is 4.79 Å². The number of ether oxygens (including phenoxy) is 1. The molecule has 0 radical (unpaired) electrons. The summed E-state index contributed by atoms with van der Waals surface area (Å²) in [6, 6.07) is 10.9. The summed E-state index contributed by atoms with van der Waals surface area (Å²) in [5.41, 5.74) is 1.51. The molecule has 3 aromatic rings. The summed E-state index contributed by atoms with van der Waals surface area (Å²) < 4.78 is 15.9. The molecule has 0 fully saturated rings. The lowest BCUT2D eigenvalue weighted by Crippen LogP contribution is -2.26. The monoisotopic (exact) mass is 374 g/mol. The fourth-order valence-electron chi connectivity index (χ4n) is 2.51. The Labute approximate surface area is 156 Å². The maximum atomic E-state index is 12.5. The van der Waals surface area contributed by atoms with E-state index in [0.29, 0.717) is 53.8 Å². The normalized spacial score (nSPS) is 10.8. The van der Waals surface area contributed by atoms with Gasteiger partial charge in [-0.2, -0.15) is 0 Å². The summed E-state index contributed by atoms with van der Waals surface area (Å²) in [5.74, 6) is 0.981. The summed E-state index contributed by atoms with van der Waals surface area (Å²) in [6.07, 6.45) is 2.29. The van der Waals surface area contributed by atoms with E-state index in [0.717, 1.165) is 5.76 Å². The molecule has 6 nitrogen and oxygen atoms in total. The fourth-order valence-corrected chi connectivity index (χ4v) is 2.73. The van der Waals surface area contributed by atoms with Gasteiger partial charge in [0.05, 0.1) is 11.3 Å². The Morgan fingerprint density at radius 3 is 2.88 bits per heavy atom. The lowest BCUT2D eigenvalue weighted by atomic mass is 10.1. The molecule has 0 aliphatic rings. The van der Waals surface area contributed by atoms with E-state index in [1.54, 1.807) is 25.3 Å². The molecule has 2 heterocycles. The van der Waals surface area contributed by atoms with Crippen molar-refractivity contribution in [1.29, 1.82) is 0 Å². The molecule has 0 aliphatic heterocycles. The molecule has 26 heavy (non-hydrogen) atoms. The lowest BCUT2D eigenvalue weighted by Gasteiger charge is -2.07. The largest absolute Gasteiger partial charge is 0.467 e. The summed E-state index contributed by atoms with van der Waals surface area (Å²) in [4.78, 5) is 12.5. The Kier molecular flexibility index (Phi) is 6.09. The van der Waals surface area contributed by atoms with Crippen LogP contribution in [-0.4, -0.2) is 24.2 Å². The number of aryl methyl sites for hydroxylation is 1. The van der Waals surface area contributed by atoms with Crippen molar-refractivity contribution in [3.8, 4) is 11.3 Å². The molecule has 1 amide bonds. The zero-order valence-electron chi connectivity index (χ0n) is 14.3. The van der Waals surface area contributed by atoms with Crippen LogP contribution < -0.4 is 5.32 Å². The number of aromatic nitrogens is 1. The number of amides is 1. The zero-order chi connectivity index (χ0) is 18.4. The summed E-state index contributed by atoms with van der Waals surface area (Å²) in [5, 5.41) is 7.38. The number of hydrogen-bond donors (Lipinski definition) is 1. The zero-order valence-corrected chi connectivity index (χ0v) is 15.1. The van der Waals surface area contributed by atoms with Gasteiger partial charge in [0.25, 0.3) is 5.91 Å². The van der Waals surface area contributed by atoms with Gasteiger partial charge in [0.2, 0.25) is 0 Å². The van der Waals surface area contributed by atoms with Crippen molar-refractivity contribution in [3.05, 3.63) is 64.8 Å². The Balaban J connectivity index is 1.53. The molecule has 0 saturated carbocycles. The molecule has 136 valence electrons. The van der Waals surface area contributed by atoms with E-state index >= 15 is 0 Å². The van der Waals surface area contributed by atoms with Crippen LogP contribution in [0.2, 0.25) is 5.02 Å². The van der Waals surface area contributed by atoms with E-state index in [9.17, 15) is 4.79 Å². The second-order valence-corrected chi connectivity index (χ2v) is 6.09. The molecule has 0 bridgehead atoms. The van der Waals surface area contributed by atoms with E-state index in [2.05, 4.69) is 10.5 Å². The summed E-state index contributed by atoms with van der Waals surface area (Å²) in [6.45, 7) is 3.11.